The van der Waals surface area contributed by atoms with Crippen molar-refractivity contribution in [1.82, 2.24) is 9.97 Å². The number of anilines is 2. The van der Waals surface area contributed by atoms with Crippen molar-refractivity contribution < 1.29 is 17.6 Å². The number of rotatable bonds is 7. The second kappa shape index (κ2) is 9.28. The van der Waals surface area contributed by atoms with Crippen molar-refractivity contribution in [3.63, 3.8) is 0 Å². The van der Waals surface area contributed by atoms with Crippen LogP contribution >= 0.6 is 0 Å². The van der Waals surface area contributed by atoms with Gasteiger partial charge in [0, 0.05) is 35.1 Å². The van der Waals surface area contributed by atoms with Crippen LogP contribution in [0.25, 0.3) is 11.0 Å². The van der Waals surface area contributed by atoms with Gasteiger partial charge in [-0.3, -0.25) is 9.52 Å². The fourth-order valence-corrected chi connectivity index (χ4v) is 4.23. The Bertz CT molecular complexity index is 1560. The molecular formula is C24H20N4O5S. The lowest BCUT2D eigenvalue weighted by atomic mass is 10.1. The first-order valence-corrected chi connectivity index (χ1v) is 11.6. The van der Waals surface area contributed by atoms with Crippen molar-refractivity contribution in [1.29, 1.82) is 0 Å². The number of para-hydroxylation sites is 1. The standard InChI is InChI=1S/C24H20N4O5S/c1-15-13-23(27-16(2)26-15)28-34(31,32)19-9-7-18(8-10-19)25-12-11-21(29)20-14-17-5-3-4-6-22(17)33-24(20)30/h3-14,25H,1-2H3,(H,26,27,28)/b12-11-. The lowest BCUT2D eigenvalue weighted by Gasteiger charge is -2.09. The first-order valence-electron chi connectivity index (χ1n) is 10.2. The summed E-state index contributed by atoms with van der Waals surface area (Å²) in [4.78, 5) is 32.8. The summed E-state index contributed by atoms with van der Waals surface area (Å²) in [5.74, 6) is 0.123. The Kier molecular flexibility index (Phi) is 6.24. The number of aromatic nitrogens is 2. The Labute approximate surface area is 195 Å². The topological polar surface area (TPSA) is 131 Å². The predicted molar refractivity (Wildman–Crippen MR) is 128 cm³/mol. The number of fused-ring (bicyclic) bond motifs is 1. The Hall–Kier alpha value is -4.31. The van der Waals surface area contributed by atoms with E-state index in [4.69, 9.17) is 4.42 Å². The molecule has 0 radical (unpaired) electrons. The first-order chi connectivity index (χ1) is 16.2. The van der Waals surface area contributed by atoms with E-state index in [0.29, 0.717) is 28.2 Å². The highest BCUT2D eigenvalue weighted by Gasteiger charge is 2.15. The van der Waals surface area contributed by atoms with Gasteiger partial charge >= 0.3 is 5.63 Å². The molecule has 0 saturated carbocycles. The van der Waals surface area contributed by atoms with Crippen LogP contribution in [0, 0.1) is 13.8 Å². The number of carbonyl (C=O) groups excluding carboxylic acids is 1. The van der Waals surface area contributed by atoms with Gasteiger partial charge in [0.1, 0.15) is 22.8 Å². The first kappa shape index (κ1) is 22.9. The molecule has 34 heavy (non-hydrogen) atoms. The van der Waals surface area contributed by atoms with Crippen LogP contribution < -0.4 is 15.7 Å². The maximum atomic E-state index is 12.6. The van der Waals surface area contributed by atoms with Gasteiger partial charge < -0.3 is 9.73 Å². The highest BCUT2D eigenvalue weighted by molar-refractivity contribution is 7.92. The zero-order valence-electron chi connectivity index (χ0n) is 18.3. The Morgan fingerprint density at radius 1 is 1.00 bits per heavy atom. The molecule has 9 nitrogen and oxygen atoms in total. The summed E-state index contributed by atoms with van der Waals surface area (Å²) >= 11 is 0. The molecule has 0 bridgehead atoms. The molecule has 172 valence electrons. The van der Waals surface area contributed by atoms with Gasteiger partial charge in [0.2, 0.25) is 0 Å². The van der Waals surface area contributed by atoms with Crippen LogP contribution in [0.4, 0.5) is 11.5 Å². The molecule has 2 N–H and O–H groups in total. The number of allylic oxidation sites excluding steroid dienone is 1. The summed E-state index contributed by atoms with van der Waals surface area (Å²) in [6.07, 6.45) is 2.57. The minimum atomic E-state index is -3.84. The second-order valence-electron chi connectivity index (χ2n) is 7.40. The van der Waals surface area contributed by atoms with Gasteiger partial charge in [0.15, 0.2) is 5.78 Å². The number of hydrogen-bond donors (Lipinski definition) is 2. The Morgan fingerprint density at radius 3 is 2.47 bits per heavy atom. The predicted octanol–water partition coefficient (Wildman–Crippen LogP) is 3.81. The fraction of sp³-hybridized carbons (Fsp3) is 0.0833. The van der Waals surface area contributed by atoms with E-state index in [1.165, 1.54) is 30.5 Å². The molecule has 2 aromatic heterocycles. The number of sulfonamides is 1. The average molecular weight is 477 g/mol. The molecule has 2 aromatic carbocycles. The zero-order chi connectivity index (χ0) is 24.3. The van der Waals surface area contributed by atoms with Crippen LogP contribution in [-0.2, 0) is 10.0 Å². The number of nitrogens with one attached hydrogen (secondary N) is 2. The summed E-state index contributed by atoms with van der Waals surface area (Å²) in [6, 6.07) is 15.9. The third kappa shape index (κ3) is 5.18. The van der Waals surface area contributed by atoms with E-state index in [2.05, 4.69) is 20.0 Å². The van der Waals surface area contributed by atoms with Crippen LogP contribution in [0.5, 0.6) is 0 Å². The lowest BCUT2D eigenvalue weighted by molar-refractivity contribution is 0.104. The van der Waals surface area contributed by atoms with E-state index in [9.17, 15) is 18.0 Å². The Balaban J connectivity index is 1.44. The molecule has 4 rings (SSSR count). The second-order valence-corrected chi connectivity index (χ2v) is 9.08. The summed E-state index contributed by atoms with van der Waals surface area (Å²) in [5, 5.41) is 3.52. The molecule has 0 saturated heterocycles. The van der Waals surface area contributed by atoms with Crippen molar-refractivity contribution in [3.8, 4) is 0 Å². The van der Waals surface area contributed by atoms with E-state index in [1.54, 1.807) is 56.3 Å². The molecule has 10 heteroatoms. The van der Waals surface area contributed by atoms with Crippen molar-refractivity contribution >= 4 is 38.3 Å². The normalized spacial score (nSPS) is 11.6. The summed E-state index contributed by atoms with van der Waals surface area (Å²) in [5.41, 5.74) is 0.791. The Morgan fingerprint density at radius 2 is 1.74 bits per heavy atom. The van der Waals surface area contributed by atoms with Gasteiger partial charge in [0.25, 0.3) is 10.0 Å². The molecule has 0 aliphatic heterocycles. The molecule has 0 atom stereocenters. The van der Waals surface area contributed by atoms with Crippen LogP contribution in [0.15, 0.2) is 87.0 Å². The molecule has 0 aliphatic carbocycles. The molecule has 0 spiro atoms. The molecule has 2 heterocycles. The highest BCUT2D eigenvalue weighted by Crippen LogP contribution is 2.18. The van der Waals surface area contributed by atoms with Crippen molar-refractivity contribution in [2.75, 3.05) is 10.0 Å². The van der Waals surface area contributed by atoms with Gasteiger partial charge in [-0.25, -0.2) is 23.2 Å². The minimum absolute atomic E-state index is 0.0424. The van der Waals surface area contributed by atoms with Crippen LogP contribution in [-0.4, -0.2) is 24.2 Å². The van der Waals surface area contributed by atoms with E-state index < -0.39 is 21.4 Å². The zero-order valence-corrected chi connectivity index (χ0v) is 19.1. The molecule has 4 aromatic rings. The maximum Gasteiger partial charge on any atom is 0.347 e. The average Bonchev–Trinajstić information content (AvgIpc) is 2.78. The molecule has 0 aliphatic rings. The fourth-order valence-electron chi connectivity index (χ4n) is 3.23. The van der Waals surface area contributed by atoms with E-state index in [1.807, 2.05) is 0 Å². The SMILES string of the molecule is Cc1cc(NS(=O)(=O)c2ccc(N/C=C\C(=O)c3cc4ccccc4oc3=O)cc2)nc(C)n1. The minimum Gasteiger partial charge on any atom is -0.422 e. The largest absolute Gasteiger partial charge is 0.422 e. The monoisotopic (exact) mass is 476 g/mol. The van der Waals surface area contributed by atoms with Crippen molar-refractivity contribution in [2.24, 2.45) is 0 Å². The van der Waals surface area contributed by atoms with Crippen molar-refractivity contribution in [3.05, 3.63) is 100 Å². The molecule has 0 unspecified atom stereocenters. The molecule has 0 fully saturated rings. The lowest BCUT2D eigenvalue weighted by Crippen LogP contribution is -2.14. The van der Waals surface area contributed by atoms with Gasteiger partial charge in [0.05, 0.1) is 4.90 Å². The maximum absolute atomic E-state index is 12.6. The smallest absolute Gasteiger partial charge is 0.347 e. The van der Waals surface area contributed by atoms with E-state index >= 15 is 0 Å². The number of aryl methyl sites for hydroxylation is 2. The number of hydrogen-bond acceptors (Lipinski definition) is 8. The third-order valence-corrected chi connectivity index (χ3v) is 6.13. The summed E-state index contributed by atoms with van der Waals surface area (Å²) in [7, 11) is -3.84. The molecular weight excluding hydrogens is 456 g/mol. The third-order valence-electron chi connectivity index (χ3n) is 4.76. The van der Waals surface area contributed by atoms with Crippen LogP contribution in [0.1, 0.15) is 21.9 Å². The number of ketones is 1. The number of nitrogens with zero attached hydrogens (tertiary/aromatic N) is 2. The molecule has 0 amide bonds. The van der Waals surface area contributed by atoms with Gasteiger partial charge in [-0.1, -0.05) is 18.2 Å². The van der Waals surface area contributed by atoms with Gasteiger partial charge in [-0.2, -0.15) is 0 Å². The van der Waals surface area contributed by atoms with Gasteiger partial charge in [-0.15, -0.1) is 0 Å². The highest BCUT2D eigenvalue weighted by atomic mass is 32.2. The number of carbonyl (C=O) groups is 1. The summed E-state index contributed by atoms with van der Waals surface area (Å²) < 4.78 is 32.9. The van der Waals surface area contributed by atoms with Crippen LogP contribution in [0.3, 0.4) is 0 Å². The quantitative estimate of drug-likeness (QED) is 0.234. The van der Waals surface area contributed by atoms with E-state index in [0.717, 1.165) is 0 Å². The van der Waals surface area contributed by atoms with Crippen LogP contribution in [0.2, 0.25) is 0 Å². The van der Waals surface area contributed by atoms with Crippen molar-refractivity contribution in [2.45, 2.75) is 18.7 Å². The van der Waals surface area contributed by atoms with E-state index in [-0.39, 0.29) is 16.3 Å². The van der Waals surface area contributed by atoms with Gasteiger partial charge in [-0.05, 0) is 50.2 Å². The summed E-state index contributed by atoms with van der Waals surface area (Å²) in [6.45, 7) is 3.42. The number of benzene rings is 2.